The summed E-state index contributed by atoms with van der Waals surface area (Å²) in [5.41, 5.74) is 1.02. The van der Waals surface area contributed by atoms with Crippen LogP contribution in [0.5, 0.6) is 0 Å². The maximum Gasteiger partial charge on any atom is 0.228 e. The summed E-state index contributed by atoms with van der Waals surface area (Å²) in [7, 11) is -1.31. The van der Waals surface area contributed by atoms with Crippen molar-refractivity contribution in [2.45, 2.75) is 25.4 Å². The Kier molecular flexibility index (Phi) is 5.20. The van der Waals surface area contributed by atoms with Crippen molar-refractivity contribution in [3.8, 4) is 0 Å². The van der Waals surface area contributed by atoms with Crippen molar-refractivity contribution in [1.82, 2.24) is 9.80 Å². The number of carbonyl (C=O) groups is 2. The van der Waals surface area contributed by atoms with Gasteiger partial charge in [0, 0.05) is 37.1 Å². The highest BCUT2D eigenvalue weighted by Gasteiger charge is 2.42. The van der Waals surface area contributed by atoms with Crippen LogP contribution in [0.1, 0.15) is 18.4 Å². The summed E-state index contributed by atoms with van der Waals surface area (Å²) in [6, 6.07) is 7.48. The van der Waals surface area contributed by atoms with Gasteiger partial charge in [-0.1, -0.05) is 28.1 Å². The molecule has 6 nitrogen and oxygen atoms in total. The van der Waals surface area contributed by atoms with Crippen LogP contribution in [-0.2, 0) is 26.0 Å². The van der Waals surface area contributed by atoms with Gasteiger partial charge in [-0.25, -0.2) is 8.42 Å². The third-order valence-corrected chi connectivity index (χ3v) is 7.15. The van der Waals surface area contributed by atoms with Gasteiger partial charge in [0.2, 0.25) is 11.8 Å². The topological polar surface area (TPSA) is 74.8 Å². The summed E-state index contributed by atoms with van der Waals surface area (Å²) in [6.07, 6.45) is 0.643. The molecule has 25 heavy (non-hydrogen) atoms. The molecule has 136 valence electrons. The lowest BCUT2D eigenvalue weighted by Crippen LogP contribution is -2.39. The number of amides is 2. The molecule has 0 unspecified atom stereocenters. The number of halogens is 1. The van der Waals surface area contributed by atoms with E-state index in [0.29, 0.717) is 19.5 Å². The number of hydrogen-bond donors (Lipinski definition) is 0. The van der Waals surface area contributed by atoms with E-state index in [1.54, 1.807) is 16.8 Å². The largest absolute Gasteiger partial charge is 0.341 e. The minimum Gasteiger partial charge on any atom is -0.341 e. The predicted octanol–water partition coefficient (Wildman–Crippen LogP) is 1.44. The Morgan fingerprint density at radius 1 is 1.32 bits per heavy atom. The number of rotatable bonds is 4. The second kappa shape index (κ2) is 7.07. The van der Waals surface area contributed by atoms with E-state index in [1.807, 2.05) is 24.3 Å². The Morgan fingerprint density at radius 2 is 2.00 bits per heavy atom. The van der Waals surface area contributed by atoms with Crippen LogP contribution in [0.3, 0.4) is 0 Å². The monoisotopic (exact) mass is 428 g/mol. The molecule has 0 saturated carbocycles. The fourth-order valence-electron chi connectivity index (χ4n) is 3.52. The van der Waals surface area contributed by atoms with E-state index >= 15 is 0 Å². The average Bonchev–Trinajstić information content (AvgIpc) is 3.11. The Bertz CT molecular complexity index is 778. The number of likely N-dealkylation sites (tertiary alicyclic amines) is 1. The van der Waals surface area contributed by atoms with Gasteiger partial charge in [0.05, 0.1) is 17.4 Å². The number of benzene rings is 1. The van der Waals surface area contributed by atoms with E-state index in [0.717, 1.165) is 10.0 Å². The molecule has 1 aromatic rings. The Hall–Kier alpha value is -1.41. The van der Waals surface area contributed by atoms with Crippen molar-refractivity contribution in [3.63, 3.8) is 0 Å². The summed E-state index contributed by atoms with van der Waals surface area (Å²) in [6.45, 7) is 0.803. The average molecular weight is 429 g/mol. The molecule has 2 saturated heterocycles. The molecule has 2 amide bonds. The number of nitrogens with zero attached hydrogens (tertiary/aromatic N) is 2. The first-order chi connectivity index (χ1) is 11.7. The van der Waals surface area contributed by atoms with Gasteiger partial charge in [-0.2, -0.15) is 0 Å². The molecule has 3 rings (SSSR count). The molecule has 0 N–H and O–H groups in total. The first kappa shape index (κ1) is 18.4. The number of carbonyl (C=O) groups excluding carboxylic acids is 2. The quantitative estimate of drug-likeness (QED) is 0.726. The summed E-state index contributed by atoms with van der Waals surface area (Å²) < 4.78 is 24.3. The maximum atomic E-state index is 12.7. The maximum absolute atomic E-state index is 12.7. The molecule has 2 aliphatic rings. The lowest BCUT2D eigenvalue weighted by atomic mass is 10.1. The first-order valence-corrected chi connectivity index (χ1v) is 10.9. The highest BCUT2D eigenvalue weighted by molar-refractivity contribution is 9.10. The van der Waals surface area contributed by atoms with Crippen molar-refractivity contribution >= 4 is 37.6 Å². The molecule has 0 bridgehead atoms. The lowest BCUT2D eigenvalue weighted by molar-refractivity contribution is -0.135. The molecule has 0 spiro atoms. The van der Waals surface area contributed by atoms with Gasteiger partial charge in [-0.3, -0.25) is 9.59 Å². The van der Waals surface area contributed by atoms with Crippen molar-refractivity contribution < 1.29 is 18.0 Å². The fourth-order valence-corrected chi connectivity index (χ4v) is 5.52. The van der Waals surface area contributed by atoms with Crippen LogP contribution in [0.25, 0.3) is 0 Å². The van der Waals surface area contributed by atoms with Crippen LogP contribution in [-0.4, -0.2) is 61.2 Å². The molecule has 8 heteroatoms. The zero-order chi connectivity index (χ0) is 18.2. The van der Waals surface area contributed by atoms with Crippen molar-refractivity contribution in [2.75, 3.05) is 25.1 Å². The molecule has 2 aliphatic heterocycles. The highest BCUT2D eigenvalue weighted by Crippen LogP contribution is 2.27. The zero-order valence-corrected chi connectivity index (χ0v) is 16.4. The molecule has 2 heterocycles. The molecular formula is C17H21BrN2O4S. The fraction of sp³-hybridized carbons (Fsp3) is 0.529. The molecule has 1 aromatic carbocycles. The lowest BCUT2D eigenvalue weighted by Gasteiger charge is -2.24. The molecule has 2 atom stereocenters. The molecule has 0 aromatic heterocycles. The van der Waals surface area contributed by atoms with Crippen LogP contribution < -0.4 is 0 Å². The van der Waals surface area contributed by atoms with Crippen LogP contribution in [0, 0.1) is 5.92 Å². The van der Waals surface area contributed by atoms with E-state index in [9.17, 15) is 18.0 Å². The molecule has 2 fully saturated rings. The molecular weight excluding hydrogens is 408 g/mol. The van der Waals surface area contributed by atoms with Gasteiger partial charge in [0.15, 0.2) is 9.84 Å². The van der Waals surface area contributed by atoms with E-state index in [2.05, 4.69) is 15.9 Å². The number of sulfone groups is 1. The zero-order valence-electron chi connectivity index (χ0n) is 14.0. The summed E-state index contributed by atoms with van der Waals surface area (Å²) in [4.78, 5) is 28.2. The summed E-state index contributed by atoms with van der Waals surface area (Å²) in [5.74, 6) is -0.425. The normalized spacial score (nSPS) is 25.4. The second-order valence-corrected chi connectivity index (χ2v) is 9.97. The Balaban J connectivity index is 1.61. The van der Waals surface area contributed by atoms with E-state index < -0.39 is 15.8 Å². The number of hydrogen-bond acceptors (Lipinski definition) is 4. The van der Waals surface area contributed by atoms with E-state index in [4.69, 9.17) is 0 Å². The minimum atomic E-state index is -3.05. The van der Waals surface area contributed by atoms with Crippen LogP contribution >= 0.6 is 15.9 Å². The predicted molar refractivity (Wildman–Crippen MR) is 97.5 cm³/mol. The third-order valence-electron chi connectivity index (χ3n) is 4.87. The third kappa shape index (κ3) is 4.23. The molecule has 0 aliphatic carbocycles. The van der Waals surface area contributed by atoms with Crippen molar-refractivity contribution in [1.29, 1.82) is 0 Å². The van der Waals surface area contributed by atoms with Gasteiger partial charge >= 0.3 is 0 Å². The van der Waals surface area contributed by atoms with Crippen molar-refractivity contribution in [2.24, 2.45) is 5.92 Å². The van der Waals surface area contributed by atoms with Crippen molar-refractivity contribution in [3.05, 3.63) is 34.3 Å². The van der Waals surface area contributed by atoms with Crippen LogP contribution in [0.4, 0.5) is 0 Å². The van der Waals surface area contributed by atoms with Gasteiger partial charge in [-0.05, 0) is 24.1 Å². The highest BCUT2D eigenvalue weighted by atomic mass is 79.9. The Morgan fingerprint density at radius 3 is 2.60 bits per heavy atom. The Labute approximate surface area is 156 Å². The summed E-state index contributed by atoms with van der Waals surface area (Å²) >= 11 is 3.38. The smallest absolute Gasteiger partial charge is 0.228 e. The van der Waals surface area contributed by atoms with Gasteiger partial charge in [-0.15, -0.1) is 0 Å². The van der Waals surface area contributed by atoms with Crippen LogP contribution in [0.2, 0.25) is 0 Å². The standard InChI is InChI=1S/C17H21BrN2O4S/c1-19(9-12-2-4-14(18)5-3-12)17(22)13-8-16(21)20(10-13)15-6-7-25(23,24)11-15/h2-5,13,15H,6-11H2,1H3/t13-,15+/m1/s1. The van der Waals surface area contributed by atoms with Gasteiger partial charge < -0.3 is 9.80 Å². The SMILES string of the molecule is CN(Cc1ccc(Br)cc1)C(=O)[C@@H]1CC(=O)N([C@H]2CCS(=O)(=O)C2)C1. The van der Waals surface area contributed by atoms with Gasteiger partial charge in [0.1, 0.15) is 0 Å². The first-order valence-electron chi connectivity index (χ1n) is 8.24. The van der Waals surface area contributed by atoms with E-state index in [1.165, 1.54) is 0 Å². The van der Waals surface area contributed by atoms with Crippen LogP contribution in [0.15, 0.2) is 28.7 Å². The second-order valence-electron chi connectivity index (χ2n) is 6.82. The minimum absolute atomic E-state index is 0.0222. The summed E-state index contributed by atoms with van der Waals surface area (Å²) in [5, 5.41) is 0. The van der Waals surface area contributed by atoms with E-state index in [-0.39, 0.29) is 35.8 Å². The van der Waals surface area contributed by atoms with Gasteiger partial charge in [0.25, 0.3) is 0 Å². The molecule has 0 radical (unpaired) electrons.